The fraction of sp³-hybridized carbons (Fsp3) is 0.192. The third kappa shape index (κ3) is 6.15. The van der Waals surface area contributed by atoms with E-state index in [1.165, 1.54) is 25.3 Å². The number of hydrogen-bond acceptors (Lipinski definition) is 7. The Labute approximate surface area is 236 Å². The summed E-state index contributed by atoms with van der Waals surface area (Å²) in [4.78, 5) is 38.0. The molecule has 1 fully saturated rings. The minimum absolute atomic E-state index is 0.0285. The summed E-state index contributed by atoms with van der Waals surface area (Å²) in [5, 5.41) is 3.56. The van der Waals surface area contributed by atoms with Crippen molar-refractivity contribution in [2.24, 2.45) is 0 Å². The highest BCUT2D eigenvalue weighted by Gasteiger charge is 2.34. The van der Waals surface area contributed by atoms with Gasteiger partial charge in [-0.1, -0.05) is 29.3 Å². The lowest BCUT2D eigenvalue weighted by Gasteiger charge is -2.15. The average molecular weight is 624 g/mol. The molecule has 1 N–H and O–H groups in total. The fourth-order valence-corrected chi connectivity index (χ4v) is 4.61. The number of methoxy groups -OCH3 is 1. The van der Waals surface area contributed by atoms with Crippen LogP contribution in [0.5, 0.6) is 11.5 Å². The summed E-state index contributed by atoms with van der Waals surface area (Å²) in [5.41, 5.74) is 1.38. The van der Waals surface area contributed by atoms with E-state index in [4.69, 9.17) is 37.1 Å². The number of rotatable bonds is 9. The van der Waals surface area contributed by atoms with Gasteiger partial charge in [0.05, 0.1) is 24.7 Å². The second kappa shape index (κ2) is 11.9. The standard InChI is InChI=1S/C26H21BrCl2N2O7/c1-3-36-22-10-14(8-18(27)23(22)37-13-15-4-5-16(28)11-19(15)29)9-20-24(32)31(26(34)30-20)12-17-6-7-21(38-17)25(33)35-2/h4-11H,3,12-13H2,1-2H3,(H,30,34)/b20-9-. The van der Waals surface area contributed by atoms with Crippen LogP contribution in [0.15, 0.2) is 57.1 Å². The molecule has 4 rings (SSSR count). The van der Waals surface area contributed by atoms with E-state index in [2.05, 4.69) is 26.0 Å². The molecule has 1 aliphatic heterocycles. The zero-order valence-electron chi connectivity index (χ0n) is 20.2. The van der Waals surface area contributed by atoms with Gasteiger partial charge in [0.15, 0.2) is 11.5 Å². The highest BCUT2D eigenvalue weighted by molar-refractivity contribution is 9.10. The molecule has 3 aromatic rings. The first kappa shape index (κ1) is 27.6. The third-order valence-corrected chi connectivity index (χ3v) is 6.53. The first-order chi connectivity index (χ1) is 18.2. The van der Waals surface area contributed by atoms with E-state index in [0.717, 1.165) is 10.5 Å². The number of halogens is 3. The molecule has 9 nitrogen and oxygen atoms in total. The Balaban J connectivity index is 1.53. The minimum atomic E-state index is -0.659. The van der Waals surface area contributed by atoms with Crippen molar-refractivity contribution in [3.05, 3.63) is 85.3 Å². The number of furan rings is 1. The summed E-state index contributed by atoms with van der Waals surface area (Å²) in [5.74, 6) is -0.120. The first-order valence-corrected chi connectivity index (χ1v) is 12.8. The number of benzene rings is 2. The predicted molar refractivity (Wildman–Crippen MR) is 143 cm³/mol. The highest BCUT2D eigenvalue weighted by Crippen LogP contribution is 2.38. The van der Waals surface area contributed by atoms with Gasteiger partial charge in [0.25, 0.3) is 5.91 Å². The monoisotopic (exact) mass is 622 g/mol. The molecule has 0 aliphatic carbocycles. The molecule has 12 heteroatoms. The number of nitrogens with zero attached hydrogens (tertiary/aromatic N) is 1. The number of imide groups is 1. The smallest absolute Gasteiger partial charge is 0.373 e. The lowest BCUT2D eigenvalue weighted by atomic mass is 10.1. The van der Waals surface area contributed by atoms with Crippen LogP contribution in [-0.2, 0) is 22.7 Å². The summed E-state index contributed by atoms with van der Waals surface area (Å²) in [7, 11) is 1.22. The third-order valence-electron chi connectivity index (χ3n) is 5.35. The van der Waals surface area contributed by atoms with E-state index in [9.17, 15) is 14.4 Å². The maximum atomic E-state index is 13.0. The van der Waals surface area contributed by atoms with Gasteiger partial charge in [-0.05, 0) is 70.9 Å². The Kier molecular flexibility index (Phi) is 8.65. The number of carbonyl (C=O) groups excluding carboxylic acids is 3. The molecule has 0 bridgehead atoms. The van der Waals surface area contributed by atoms with E-state index < -0.39 is 17.9 Å². The van der Waals surface area contributed by atoms with Crippen LogP contribution in [0.2, 0.25) is 10.0 Å². The van der Waals surface area contributed by atoms with Crippen molar-refractivity contribution in [2.45, 2.75) is 20.1 Å². The molecule has 1 saturated heterocycles. The predicted octanol–water partition coefficient (Wildman–Crippen LogP) is 6.21. The SMILES string of the molecule is CCOc1cc(/C=C2\NC(=O)N(Cc3ccc(C(=O)OC)o3)C2=O)cc(Br)c1OCc1ccc(Cl)cc1Cl. The molecule has 3 amide bonds. The maximum absolute atomic E-state index is 13.0. The minimum Gasteiger partial charge on any atom is -0.490 e. The molecule has 0 saturated carbocycles. The number of nitrogens with one attached hydrogen (secondary N) is 1. The normalized spacial score (nSPS) is 14.1. The highest BCUT2D eigenvalue weighted by atomic mass is 79.9. The summed E-state index contributed by atoms with van der Waals surface area (Å²) >= 11 is 15.7. The van der Waals surface area contributed by atoms with Crippen molar-refractivity contribution in [1.82, 2.24) is 10.2 Å². The van der Waals surface area contributed by atoms with Crippen LogP contribution in [-0.4, -0.2) is 36.5 Å². The van der Waals surface area contributed by atoms with E-state index in [0.29, 0.717) is 38.2 Å². The van der Waals surface area contributed by atoms with Crippen molar-refractivity contribution >= 4 is 63.1 Å². The molecule has 2 aromatic carbocycles. The van der Waals surface area contributed by atoms with Gasteiger partial charge in [-0.2, -0.15) is 0 Å². The van der Waals surface area contributed by atoms with E-state index in [1.807, 2.05) is 6.92 Å². The van der Waals surface area contributed by atoms with E-state index in [1.54, 1.807) is 30.3 Å². The van der Waals surface area contributed by atoms with Crippen LogP contribution in [0.1, 0.15) is 34.4 Å². The number of amides is 3. The summed E-state index contributed by atoms with van der Waals surface area (Å²) in [6, 6.07) is 10.8. The molecule has 0 unspecified atom stereocenters. The van der Waals surface area contributed by atoms with Crippen LogP contribution in [0, 0.1) is 0 Å². The molecular weight excluding hydrogens is 603 g/mol. The van der Waals surface area contributed by atoms with Crippen molar-refractivity contribution in [2.75, 3.05) is 13.7 Å². The molecule has 0 radical (unpaired) electrons. The Morgan fingerprint density at radius 3 is 2.63 bits per heavy atom. The molecule has 0 spiro atoms. The lowest BCUT2D eigenvalue weighted by molar-refractivity contribution is -0.123. The second-order valence-electron chi connectivity index (χ2n) is 7.92. The fourth-order valence-electron chi connectivity index (χ4n) is 3.57. The molecule has 1 aliphatic rings. The van der Waals surface area contributed by atoms with Gasteiger partial charge in [-0.25, -0.2) is 9.59 Å². The second-order valence-corrected chi connectivity index (χ2v) is 9.62. The number of ether oxygens (including phenoxy) is 3. The molecule has 198 valence electrons. The average Bonchev–Trinajstić information content (AvgIpc) is 3.45. The molecular formula is C26H21BrCl2N2O7. The van der Waals surface area contributed by atoms with Crippen LogP contribution in [0.3, 0.4) is 0 Å². The van der Waals surface area contributed by atoms with Crippen LogP contribution in [0.25, 0.3) is 6.08 Å². The molecule has 0 atom stereocenters. The van der Waals surface area contributed by atoms with Gasteiger partial charge in [0.2, 0.25) is 5.76 Å². The van der Waals surface area contributed by atoms with Crippen LogP contribution in [0.4, 0.5) is 4.79 Å². The van der Waals surface area contributed by atoms with Crippen LogP contribution < -0.4 is 14.8 Å². The Hall–Kier alpha value is -3.47. The zero-order chi connectivity index (χ0) is 27.4. The molecule has 38 heavy (non-hydrogen) atoms. The summed E-state index contributed by atoms with van der Waals surface area (Å²) in [6.45, 7) is 2.21. The van der Waals surface area contributed by atoms with Crippen molar-refractivity contribution in [3.63, 3.8) is 0 Å². The topological polar surface area (TPSA) is 107 Å². The van der Waals surface area contributed by atoms with Crippen molar-refractivity contribution < 1.29 is 33.0 Å². The van der Waals surface area contributed by atoms with Gasteiger partial charge in [-0.3, -0.25) is 9.69 Å². The Morgan fingerprint density at radius 2 is 1.92 bits per heavy atom. The Morgan fingerprint density at radius 1 is 1.13 bits per heavy atom. The van der Waals surface area contributed by atoms with E-state index in [-0.39, 0.29) is 30.4 Å². The molecule has 2 heterocycles. The number of urea groups is 1. The zero-order valence-corrected chi connectivity index (χ0v) is 23.3. The number of carbonyl (C=O) groups is 3. The van der Waals surface area contributed by atoms with Gasteiger partial charge >= 0.3 is 12.0 Å². The Bertz CT molecular complexity index is 1440. The van der Waals surface area contributed by atoms with Crippen molar-refractivity contribution in [3.8, 4) is 11.5 Å². The molecule has 1 aromatic heterocycles. The van der Waals surface area contributed by atoms with Gasteiger partial charge in [0.1, 0.15) is 18.1 Å². The van der Waals surface area contributed by atoms with Gasteiger partial charge in [-0.15, -0.1) is 0 Å². The summed E-state index contributed by atoms with van der Waals surface area (Å²) < 4.78 is 22.3. The number of esters is 1. The lowest BCUT2D eigenvalue weighted by Crippen LogP contribution is -2.30. The number of hydrogen-bond donors (Lipinski definition) is 1. The first-order valence-electron chi connectivity index (χ1n) is 11.2. The maximum Gasteiger partial charge on any atom is 0.373 e. The quantitative estimate of drug-likeness (QED) is 0.172. The van der Waals surface area contributed by atoms with Gasteiger partial charge in [0, 0.05) is 15.6 Å². The van der Waals surface area contributed by atoms with Gasteiger partial charge < -0.3 is 23.9 Å². The van der Waals surface area contributed by atoms with Crippen molar-refractivity contribution in [1.29, 1.82) is 0 Å². The van der Waals surface area contributed by atoms with E-state index >= 15 is 0 Å². The summed E-state index contributed by atoms with van der Waals surface area (Å²) in [6.07, 6.45) is 1.52. The largest absolute Gasteiger partial charge is 0.490 e. The van der Waals surface area contributed by atoms with Crippen LogP contribution >= 0.6 is 39.1 Å².